The maximum absolute atomic E-state index is 9.55. The van der Waals surface area contributed by atoms with Crippen LogP contribution in [0.3, 0.4) is 0 Å². The zero-order valence-electron chi connectivity index (χ0n) is 22.7. The average Bonchev–Trinajstić information content (AvgIpc) is 2.96. The van der Waals surface area contributed by atoms with E-state index in [4.69, 9.17) is 36.8 Å². The molecule has 0 aliphatic rings. The number of rotatable bonds is 14. The SMILES string of the molecule is CO[Si](CCc1ccccn1)(OC)OC.CO[Si](CCc1ccccn1)(OC)OC.O=C(O)C=CC(=O)O. The Bertz CT molecular complexity index is 836. The van der Waals surface area contributed by atoms with Crippen molar-refractivity contribution in [2.45, 2.75) is 24.9 Å². The predicted molar refractivity (Wildman–Crippen MR) is 143 cm³/mol. The van der Waals surface area contributed by atoms with Crippen molar-refractivity contribution in [1.29, 1.82) is 0 Å². The summed E-state index contributed by atoms with van der Waals surface area (Å²) in [6.45, 7) is 0. The van der Waals surface area contributed by atoms with Gasteiger partial charge in [-0.3, -0.25) is 9.97 Å². The Morgan fingerprint density at radius 3 is 1.18 bits per heavy atom. The minimum Gasteiger partial charge on any atom is -0.478 e. The number of carboxylic acid groups (broad SMARTS) is 2. The normalized spacial score (nSPS) is 11.2. The molecule has 2 aromatic heterocycles. The van der Waals surface area contributed by atoms with E-state index in [1.165, 1.54) is 0 Å². The maximum Gasteiger partial charge on any atom is 0.500 e. The number of aliphatic carboxylic acids is 2. The first-order valence-electron chi connectivity index (χ1n) is 11.4. The van der Waals surface area contributed by atoms with E-state index in [9.17, 15) is 9.59 Å². The van der Waals surface area contributed by atoms with Gasteiger partial charge in [0.15, 0.2) is 0 Å². The molecule has 0 amide bonds. The van der Waals surface area contributed by atoms with Crippen LogP contribution in [0.25, 0.3) is 0 Å². The summed E-state index contributed by atoms with van der Waals surface area (Å²) in [5, 5.41) is 15.6. The van der Waals surface area contributed by atoms with Gasteiger partial charge in [0.1, 0.15) is 0 Å². The van der Waals surface area contributed by atoms with Gasteiger partial charge in [-0.25, -0.2) is 9.59 Å². The summed E-state index contributed by atoms with van der Waals surface area (Å²) in [6, 6.07) is 13.2. The number of carboxylic acids is 2. The van der Waals surface area contributed by atoms with Gasteiger partial charge in [0.05, 0.1) is 0 Å². The van der Waals surface area contributed by atoms with Gasteiger partial charge in [-0.1, -0.05) is 12.1 Å². The zero-order valence-corrected chi connectivity index (χ0v) is 24.7. The highest BCUT2D eigenvalue weighted by Gasteiger charge is 2.38. The van der Waals surface area contributed by atoms with Gasteiger partial charge >= 0.3 is 29.5 Å². The van der Waals surface area contributed by atoms with Crippen LogP contribution in [0, 0.1) is 0 Å². The second-order valence-electron chi connectivity index (χ2n) is 7.24. The van der Waals surface area contributed by atoms with Gasteiger partial charge in [-0.2, -0.15) is 0 Å². The van der Waals surface area contributed by atoms with Crippen molar-refractivity contribution in [3.8, 4) is 0 Å². The second kappa shape index (κ2) is 20.2. The van der Waals surface area contributed by atoms with Crippen LogP contribution in [-0.2, 0) is 49.0 Å². The van der Waals surface area contributed by atoms with Crippen LogP contribution in [0.15, 0.2) is 60.9 Å². The van der Waals surface area contributed by atoms with E-state index in [1.54, 1.807) is 55.1 Å². The van der Waals surface area contributed by atoms with Crippen molar-refractivity contribution in [2.24, 2.45) is 0 Å². The zero-order chi connectivity index (χ0) is 28.9. The molecule has 0 saturated heterocycles. The molecular weight excluding hydrogens is 532 g/mol. The van der Waals surface area contributed by atoms with E-state index in [1.807, 2.05) is 36.4 Å². The molecule has 12 nitrogen and oxygen atoms in total. The van der Waals surface area contributed by atoms with Crippen molar-refractivity contribution in [1.82, 2.24) is 9.97 Å². The molecule has 38 heavy (non-hydrogen) atoms. The van der Waals surface area contributed by atoms with Crippen LogP contribution in [0.1, 0.15) is 11.4 Å². The highest BCUT2D eigenvalue weighted by molar-refractivity contribution is 6.60. The largest absolute Gasteiger partial charge is 0.500 e. The van der Waals surface area contributed by atoms with Crippen LogP contribution in [-0.4, -0.2) is 92.4 Å². The summed E-state index contributed by atoms with van der Waals surface area (Å²) < 4.78 is 31.9. The molecule has 0 saturated carbocycles. The number of aromatic nitrogens is 2. The number of hydrogen-bond donors (Lipinski definition) is 2. The first-order valence-corrected chi connectivity index (χ1v) is 15.3. The molecule has 0 radical (unpaired) electrons. The molecule has 212 valence electrons. The lowest BCUT2D eigenvalue weighted by Crippen LogP contribution is -2.43. The lowest BCUT2D eigenvalue weighted by Gasteiger charge is -2.23. The van der Waals surface area contributed by atoms with Crippen molar-refractivity contribution in [3.63, 3.8) is 0 Å². The summed E-state index contributed by atoms with van der Waals surface area (Å²) in [4.78, 5) is 27.6. The van der Waals surface area contributed by atoms with Crippen LogP contribution < -0.4 is 0 Å². The smallest absolute Gasteiger partial charge is 0.478 e. The standard InChI is InChI=1S/2C10H17NO3Si.C4H4O4/c2*1-12-15(13-2,14-3)9-7-10-6-4-5-8-11-10;5-3(6)1-2-4(7)8/h2*4-6,8H,7,9H2,1-3H3;1-2H,(H,5,6)(H,7,8). The third-order valence-electron chi connectivity index (χ3n) is 5.06. The fourth-order valence-electron chi connectivity index (χ4n) is 2.91. The van der Waals surface area contributed by atoms with E-state index < -0.39 is 29.5 Å². The summed E-state index contributed by atoms with van der Waals surface area (Å²) in [7, 11) is 4.86. The molecule has 2 N–H and O–H groups in total. The molecule has 0 bridgehead atoms. The number of nitrogens with zero attached hydrogens (tertiary/aromatic N) is 2. The number of carbonyl (C=O) groups is 2. The Kier molecular flexibility index (Phi) is 18.7. The molecule has 14 heteroatoms. The van der Waals surface area contributed by atoms with E-state index in [0.717, 1.165) is 36.3 Å². The minimum absolute atomic E-state index is 0.558. The number of hydrogen-bond acceptors (Lipinski definition) is 10. The molecule has 2 aromatic rings. The average molecular weight is 571 g/mol. The van der Waals surface area contributed by atoms with Gasteiger partial charge in [0.25, 0.3) is 0 Å². The lowest BCUT2D eigenvalue weighted by molar-refractivity contribution is -0.134. The van der Waals surface area contributed by atoms with Gasteiger partial charge in [-0.15, -0.1) is 0 Å². The van der Waals surface area contributed by atoms with Crippen molar-refractivity contribution >= 4 is 29.5 Å². The number of pyridine rings is 2. The highest BCUT2D eigenvalue weighted by atomic mass is 28.4. The lowest BCUT2D eigenvalue weighted by atomic mass is 10.3. The van der Waals surface area contributed by atoms with Gasteiger partial charge in [0.2, 0.25) is 0 Å². The highest BCUT2D eigenvalue weighted by Crippen LogP contribution is 2.16. The molecule has 0 fully saturated rings. The summed E-state index contributed by atoms with van der Waals surface area (Å²) in [5.41, 5.74) is 2.06. The van der Waals surface area contributed by atoms with Crippen molar-refractivity contribution in [2.75, 3.05) is 42.7 Å². The van der Waals surface area contributed by atoms with Gasteiger partial charge in [0, 0.05) is 90.7 Å². The Labute approximate surface area is 225 Å². The van der Waals surface area contributed by atoms with Gasteiger partial charge in [-0.05, 0) is 37.1 Å². The molecule has 0 aromatic carbocycles. The predicted octanol–water partition coefficient (Wildman–Crippen LogP) is 2.72. The van der Waals surface area contributed by atoms with E-state index in [0.29, 0.717) is 12.2 Å². The third-order valence-corrected chi connectivity index (χ3v) is 10.5. The van der Waals surface area contributed by atoms with Crippen LogP contribution >= 0.6 is 0 Å². The molecule has 0 unspecified atom stereocenters. The minimum atomic E-state index is -2.44. The van der Waals surface area contributed by atoms with Crippen LogP contribution in [0.5, 0.6) is 0 Å². The summed E-state index contributed by atoms with van der Waals surface area (Å²) >= 11 is 0. The van der Waals surface area contributed by atoms with Crippen molar-refractivity contribution in [3.05, 3.63) is 72.3 Å². The Balaban J connectivity index is 0.000000569. The van der Waals surface area contributed by atoms with Crippen LogP contribution in [0.2, 0.25) is 12.1 Å². The maximum atomic E-state index is 9.55. The number of aryl methyl sites for hydroxylation is 2. The third kappa shape index (κ3) is 14.8. The summed E-state index contributed by atoms with van der Waals surface area (Å²) in [5.74, 6) is -2.51. The first kappa shape index (κ1) is 35.2. The fourth-order valence-corrected chi connectivity index (χ4v) is 6.26. The Morgan fingerprint density at radius 2 is 0.974 bits per heavy atom. The first-order chi connectivity index (χ1) is 18.1. The topological polar surface area (TPSA) is 156 Å². The monoisotopic (exact) mass is 570 g/mol. The van der Waals surface area contributed by atoms with E-state index in [2.05, 4.69) is 9.97 Å². The molecular formula is C24H38N2O10Si2. The molecule has 2 rings (SSSR count). The molecule has 0 aliphatic carbocycles. The van der Waals surface area contributed by atoms with Gasteiger partial charge < -0.3 is 36.8 Å². The van der Waals surface area contributed by atoms with Crippen LogP contribution in [0.4, 0.5) is 0 Å². The molecule has 2 heterocycles. The van der Waals surface area contributed by atoms with Crippen molar-refractivity contribution < 1.29 is 46.4 Å². The summed E-state index contributed by atoms with van der Waals surface area (Å²) in [6.07, 6.45) is 6.30. The van der Waals surface area contributed by atoms with E-state index in [-0.39, 0.29) is 0 Å². The molecule has 0 aliphatic heterocycles. The molecule has 0 atom stereocenters. The second-order valence-corrected chi connectivity index (χ2v) is 13.4. The molecule has 0 spiro atoms. The quantitative estimate of drug-likeness (QED) is 0.253. The van der Waals surface area contributed by atoms with E-state index >= 15 is 0 Å². The fraction of sp³-hybridized carbons (Fsp3) is 0.417. The Morgan fingerprint density at radius 1 is 0.658 bits per heavy atom. The Hall–Kier alpha value is -2.83.